The molecule has 1 aliphatic rings. The molecule has 0 radical (unpaired) electrons. The van der Waals surface area contributed by atoms with E-state index in [1.54, 1.807) is 12.1 Å². The molecule has 1 aromatic heterocycles. The summed E-state index contributed by atoms with van der Waals surface area (Å²) in [4.78, 5) is 31.8. The summed E-state index contributed by atoms with van der Waals surface area (Å²) in [6.07, 6.45) is 1.07. The van der Waals surface area contributed by atoms with Crippen LogP contribution in [0.2, 0.25) is 0 Å². The zero-order valence-electron chi connectivity index (χ0n) is 12.2. The molecule has 1 aromatic rings. The fraction of sp³-hybridized carbons (Fsp3) is 0.467. The summed E-state index contributed by atoms with van der Waals surface area (Å²) in [5.74, 6) is -0.464. The maximum absolute atomic E-state index is 12.0. The summed E-state index contributed by atoms with van der Waals surface area (Å²) < 4.78 is 5.31. The van der Waals surface area contributed by atoms with Crippen LogP contribution in [0.5, 0.6) is 0 Å². The van der Waals surface area contributed by atoms with Gasteiger partial charge in [-0.25, -0.2) is 14.8 Å². The molecular weight excluding hydrogens is 256 g/mol. The van der Waals surface area contributed by atoms with E-state index in [1.807, 2.05) is 20.8 Å². The largest absolute Gasteiger partial charge is 0.455 e. The van der Waals surface area contributed by atoms with E-state index >= 15 is 0 Å². The lowest BCUT2D eigenvalue weighted by molar-refractivity contribution is -0.146. The number of aliphatic imine (C=N–C) groups is 1. The van der Waals surface area contributed by atoms with Gasteiger partial charge in [-0.15, -0.1) is 0 Å². The van der Waals surface area contributed by atoms with Gasteiger partial charge < -0.3 is 4.74 Å². The third kappa shape index (κ3) is 3.29. The lowest BCUT2D eigenvalue weighted by Crippen LogP contribution is -2.30. The fourth-order valence-corrected chi connectivity index (χ4v) is 1.90. The lowest BCUT2D eigenvalue weighted by atomic mass is 10.1. The Hall–Kier alpha value is -2.04. The molecule has 0 amide bonds. The molecule has 0 fully saturated rings. The highest BCUT2D eigenvalue weighted by Crippen LogP contribution is 2.25. The Kier molecular flexibility index (Phi) is 3.70. The van der Waals surface area contributed by atoms with Crippen LogP contribution in [0.25, 0.3) is 0 Å². The Morgan fingerprint density at radius 2 is 1.90 bits per heavy atom. The van der Waals surface area contributed by atoms with Crippen molar-refractivity contribution < 1.29 is 14.3 Å². The van der Waals surface area contributed by atoms with Crippen LogP contribution in [-0.4, -0.2) is 28.0 Å². The maximum Gasteiger partial charge on any atom is 0.353 e. The van der Waals surface area contributed by atoms with Crippen LogP contribution in [0.3, 0.4) is 0 Å². The molecule has 0 saturated carbocycles. The molecule has 0 atom stereocenters. The number of pyridine rings is 1. The zero-order valence-corrected chi connectivity index (χ0v) is 12.2. The first-order valence-corrected chi connectivity index (χ1v) is 6.58. The standard InChI is InChI=1S/C15H18N2O3/c1-9(18)10-5-6-12-11(16-10)7-8-13(17-12)14(19)20-15(2,3)4/h5-6H,7-8H2,1-4H3. The number of carbonyl (C=O) groups is 2. The van der Waals surface area contributed by atoms with Crippen molar-refractivity contribution in [2.45, 2.75) is 46.1 Å². The van der Waals surface area contributed by atoms with Crippen LogP contribution in [0.1, 0.15) is 50.3 Å². The zero-order chi connectivity index (χ0) is 14.9. The molecule has 2 heterocycles. The van der Waals surface area contributed by atoms with Crippen molar-refractivity contribution in [2.75, 3.05) is 0 Å². The van der Waals surface area contributed by atoms with Gasteiger partial charge in [0.25, 0.3) is 0 Å². The number of hydrogen-bond donors (Lipinski definition) is 0. The van der Waals surface area contributed by atoms with E-state index < -0.39 is 11.6 Å². The van der Waals surface area contributed by atoms with Crippen molar-refractivity contribution in [1.82, 2.24) is 4.98 Å². The molecule has 1 aliphatic heterocycles. The molecule has 0 unspecified atom stereocenters. The van der Waals surface area contributed by atoms with Crippen LogP contribution >= 0.6 is 0 Å². The summed E-state index contributed by atoms with van der Waals surface area (Å²) in [5, 5.41) is 0. The first-order chi connectivity index (χ1) is 9.26. The number of aryl methyl sites for hydroxylation is 1. The third-order valence-electron chi connectivity index (χ3n) is 2.80. The molecular formula is C15H18N2O3. The first-order valence-electron chi connectivity index (χ1n) is 6.58. The van der Waals surface area contributed by atoms with Gasteiger partial charge in [-0.3, -0.25) is 4.79 Å². The second-order valence-electron chi connectivity index (χ2n) is 5.78. The molecule has 0 saturated heterocycles. The van der Waals surface area contributed by atoms with E-state index in [-0.39, 0.29) is 5.78 Å². The number of fused-ring (bicyclic) bond motifs is 1. The normalized spacial score (nSPS) is 14.3. The molecule has 0 N–H and O–H groups in total. The smallest absolute Gasteiger partial charge is 0.353 e. The Labute approximate surface area is 118 Å². The molecule has 20 heavy (non-hydrogen) atoms. The average molecular weight is 274 g/mol. The van der Waals surface area contributed by atoms with Gasteiger partial charge in [0, 0.05) is 13.3 Å². The van der Waals surface area contributed by atoms with Crippen molar-refractivity contribution in [3.63, 3.8) is 0 Å². The van der Waals surface area contributed by atoms with Gasteiger partial charge in [-0.05, 0) is 39.3 Å². The van der Waals surface area contributed by atoms with Gasteiger partial charge in [0.1, 0.15) is 17.0 Å². The van der Waals surface area contributed by atoms with Crippen molar-refractivity contribution in [2.24, 2.45) is 4.99 Å². The molecule has 0 aromatic carbocycles. The predicted molar refractivity (Wildman–Crippen MR) is 75.5 cm³/mol. The van der Waals surface area contributed by atoms with E-state index in [0.717, 1.165) is 5.69 Å². The molecule has 5 heteroatoms. The lowest BCUT2D eigenvalue weighted by Gasteiger charge is -2.21. The molecule has 0 spiro atoms. The fourth-order valence-electron chi connectivity index (χ4n) is 1.90. The van der Waals surface area contributed by atoms with Crippen molar-refractivity contribution in [1.29, 1.82) is 0 Å². The van der Waals surface area contributed by atoms with E-state index in [2.05, 4.69) is 9.98 Å². The summed E-state index contributed by atoms with van der Waals surface area (Å²) >= 11 is 0. The number of rotatable bonds is 2. The highest BCUT2D eigenvalue weighted by Gasteiger charge is 2.24. The van der Waals surface area contributed by atoms with Gasteiger partial charge in [-0.1, -0.05) is 0 Å². The minimum atomic E-state index is -0.531. The minimum Gasteiger partial charge on any atom is -0.455 e. The number of Topliss-reactive ketones (excluding diaryl/α,β-unsaturated/α-hetero) is 1. The summed E-state index contributed by atoms with van der Waals surface area (Å²) in [6, 6.07) is 3.35. The van der Waals surface area contributed by atoms with E-state index in [9.17, 15) is 9.59 Å². The Bertz CT molecular complexity index is 598. The summed E-state index contributed by atoms with van der Waals surface area (Å²) in [6.45, 7) is 6.95. The van der Waals surface area contributed by atoms with Gasteiger partial charge in [0.2, 0.25) is 0 Å². The maximum atomic E-state index is 12.0. The van der Waals surface area contributed by atoms with Crippen LogP contribution < -0.4 is 0 Å². The van der Waals surface area contributed by atoms with Gasteiger partial charge in [0.05, 0.1) is 11.4 Å². The monoisotopic (exact) mass is 274 g/mol. The molecule has 0 bridgehead atoms. The van der Waals surface area contributed by atoms with Gasteiger partial charge in [-0.2, -0.15) is 0 Å². The highest BCUT2D eigenvalue weighted by atomic mass is 16.6. The molecule has 106 valence electrons. The van der Waals surface area contributed by atoms with Crippen LogP contribution in [-0.2, 0) is 16.0 Å². The van der Waals surface area contributed by atoms with Gasteiger partial charge >= 0.3 is 5.97 Å². The third-order valence-corrected chi connectivity index (χ3v) is 2.80. The number of esters is 1. The highest BCUT2D eigenvalue weighted by molar-refractivity contribution is 6.37. The van der Waals surface area contributed by atoms with E-state index in [0.29, 0.717) is 29.9 Å². The first kappa shape index (κ1) is 14.4. The number of hydrogen-bond acceptors (Lipinski definition) is 5. The predicted octanol–water partition coefficient (Wildman–Crippen LogP) is 2.64. The number of ether oxygens (including phenoxy) is 1. The van der Waals surface area contributed by atoms with E-state index in [4.69, 9.17) is 4.74 Å². The Morgan fingerprint density at radius 1 is 1.20 bits per heavy atom. The second-order valence-corrected chi connectivity index (χ2v) is 5.78. The van der Waals surface area contributed by atoms with Gasteiger partial charge in [0.15, 0.2) is 5.78 Å². The van der Waals surface area contributed by atoms with E-state index in [1.165, 1.54) is 6.92 Å². The van der Waals surface area contributed by atoms with Crippen LogP contribution in [0.15, 0.2) is 17.1 Å². The Morgan fingerprint density at radius 3 is 2.50 bits per heavy atom. The number of nitrogens with zero attached hydrogens (tertiary/aromatic N) is 2. The van der Waals surface area contributed by atoms with Crippen LogP contribution in [0, 0.1) is 0 Å². The minimum absolute atomic E-state index is 0.0743. The van der Waals surface area contributed by atoms with Crippen molar-refractivity contribution in [3.8, 4) is 0 Å². The average Bonchev–Trinajstić information content (AvgIpc) is 2.35. The SMILES string of the molecule is CC(=O)c1ccc2c(n1)CCC(C(=O)OC(C)(C)C)=N2. The van der Waals surface area contributed by atoms with Crippen molar-refractivity contribution >= 4 is 23.2 Å². The van der Waals surface area contributed by atoms with Crippen LogP contribution in [0.4, 0.5) is 5.69 Å². The molecule has 2 rings (SSSR count). The Balaban J connectivity index is 2.25. The topological polar surface area (TPSA) is 68.6 Å². The summed E-state index contributed by atoms with van der Waals surface area (Å²) in [5.41, 5.74) is 1.70. The van der Waals surface area contributed by atoms with Crippen molar-refractivity contribution in [3.05, 3.63) is 23.5 Å². The number of carbonyl (C=O) groups excluding carboxylic acids is 2. The number of ketones is 1. The summed E-state index contributed by atoms with van der Waals surface area (Å²) in [7, 11) is 0. The molecule has 0 aliphatic carbocycles. The molecule has 5 nitrogen and oxygen atoms in total. The quantitative estimate of drug-likeness (QED) is 0.614. The number of aromatic nitrogens is 1. The second kappa shape index (κ2) is 5.15.